The Morgan fingerprint density at radius 3 is 2.43 bits per heavy atom. The number of rotatable bonds is 4. The van der Waals surface area contributed by atoms with Gasteiger partial charge in [0.05, 0.1) is 6.61 Å². The maximum atomic E-state index is 12.1. The Hall–Kier alpha value is -2.25. The minimum Gasteiger partial charge on any atom is -0.464 e. The topological polar surface area (TPSA) is 38.3 Å². The van der Waals surface area contributed by atoms with Crippen LogP contribution in [0.1, 0.15) is 18.1 Å². The third-order valence-electron chi connectivity index (χ3n) is 3.09. The Morgan fingerprint density at radius 2 is 1.83 bits per heavy atom. The molecule has 0 aliphatic heterocycles. The highest BCUT2D eigenvalue weighted by Crippen LogP contribution is 2.12. The molecule has 3 nitrogen and oxygen atoms in total. The number of ether oxygens (including phenoxy) is 1. The van der Waals surface area contributed by atoms with E-state index in [1.54, 1.807) is 6.92 Å². The SMILES string of the molecule is CCOC(=O)[C@@H](C#Cc1ccc(Br)cc1)Nc1ccc(C)cc1. The Bertz CT molecular complexity index is 712. The molecule has 1 atom stereocenters. The van der Waals surface area contributed by atoms with Gasteiger partial charge in [0.1, 0.15) is 0 Å². The van der Waals surface area contributed by atoms with Gasteiger partial charge in [0.2, 0.25) is 0 Å². The van der Waals surface area contributed by atoms with E-state index in [1.165, 1.54) is 0 Å². The number of esters is 1. The molecule has 0 unspecified atom stereocenters. The predicted octanol–water partition coefficient (Wildman–Crippen LogP) is 4.15. The fourth-order valence-electron chi connectivity index (χ4n) is 1.88. The highest BCUT2D eigenvalue weighted by molar-refractivity contribution is 9.10. The predicted molar refractivity (Wildman–Crippen MR) is 96.2 cm³/mol. The minimum absolute atomic E-state index is 0.324. The number of hydrogen-bond acceptors (Lipinski definition) is 3. The molecule has 0 aromatic heterocycles. The summed E-state index contributed by atoms with van der Waals surface area (Å²) in [5, 5.41) is 3.12. The second-order valence-electron chi connectivity index (χ2n) is 4.97. The largest absolute Gasteiger partial charge is 0.464 e. The van der Waals surface area contributed by atoms with E-state index in [2.05, 4.69) is 33.1 Å². The molecule has 2 aromatic rings. The average molecular weight is 372 g/mol. The molecule has 0 fully saturated rings. The lowest BCUT2D eigenvalue weighted by molar-refractivity contribution is -0.142. The number of carbonyl (C=O) groups is 1. The van der Waals surface area contributed by atoms with Crippen molar-refractivity contribution < 1.29 is 9.53 Å². The zero-order chi connectivity index (χ0) is 16.7. The van der Waals surface area contributed by atoms with Crippen LogP contribution in [0.25, 0.3) is 0 Å². The van der Waals surface area contributed by atoms with Crippen molar-refractivity contribution in [1.82, 2.24) is 0 Å². The number of aryl methyl sites for hydroxylation is 1. The van der Waals surface area contributed by atoms with Crippen LogP contribution in [0.4, 0.5) is 5.69 Å². The summed E-state index contributed by atoms with van der Waals surface area (Å²) in [6, 6.07) is 14.7. The molecule has 0 amide bonds. The number of benzene rings is 2. The molecule has 0 spiro atoms. The van der Waals surface area contributed by atoms with E-state index in [0.717, 1.165) is 21.3 Å². The van der Waals surface area contributed by atoms with Crippen molar-refractivity contribution in [3.8, 4) is 11.8 Å². The molecule has 0 saturated carbocycles. The maximum absolute atomic E-state index is 12.1. The fourth-order valence-corrected chi connectivity index (χ4v) is 2.15. The van der Waals surface area contributed by atoms with Gasteiger partial charge in [-0.1, -0.05) is 45.5 Å². The molecule has 0 radical (unpaired) electrons. The van der Waals surface area contributed by atoms with Gasteiger partial charge in [-0.2, -0.15) is 0 Å². The molecule has 4 heteroatoms. The van der Waals surface area contributed by atoms with Crippen LogP contribution in [-0.2, 0) is 9.53 Å². The fraction of sp³-hybridized carbons (Fsp3) is 0.211. The van der Waals surface area contributed by atoms with E-state index in [-0.39, 0.29) is 5.97 Å². The van der Waals surface area contributed by atoms with Gasteiger partial charge in [0.25, 0.3) is 0 Å². The first kappa shape index (κ1) is 17.1. The Morgan fingerprint density at radius 1 is 1.17 bits per heavy atom. The summed E-state index contributed by atoms with van der Waals surface area (Å²) in [7, 11) is 0. The van der Waals surface area contributed by atoms with Crippen molar-refractivity contribution in [3.63, 3.8) is 0 Å². The van der Waals surface area contributed by atoms with Crippen molar-refractivity contribution in [3.05, 3.63) is 64.1 Å². The number of carbonyl (C=O) groups excluding carboxylic acids is 1. The molecule has 1 N–H and O–H groups in total. The molecule has 0 heterocycles. The molecule has 2 rings (SSSR count). The van der Waals surface area contributed by atoms with Crippen LogP contribution in [0.2, 0.25) is 0 Å². The van der Waals surface area contributed by atoms with Crippen LogP contribution in [0.15, 0.2) is 53.0 Å². The third-order valence-corrected chi connectivity index (χ3v) is 3.62. The quantitative estimate of drug-likeness (QED) is 0.647. The summed E-state index contributed by atoms with van der Waals surface area (Å²) in [5.74, 6) is 5.58. The van der Waals surface area contributed by atoms with E-state index in [0.29, 0.717) is 6.61 Å². The Kier molecular flexibility index (Phi) is 6.25. The monoisotopic (exact) mass is 371 g/mol. The zero-order valence-electron chi connectivity index (χ0n) is 13.1. The summed E-state index contributed by atoms with van der Waals surface area (Å²) >= 11 is 3.38. The summed E-state index contributed by atoms with van der Waals surface area (Å²) in [6.45, 7) is 4.12. The van der Waals surface area contributed by atoms with Crippen molar-refractivity contribution in [2.45, 2.75) is 19.9 Å². The molecule has 118 valence electrons. The normalized spacial score (nSPS) is 11.1. The van der Waals surface area contributed by atoms with Crippen LogP contribution >= 0.6 is 15.9 Å². The number of halogens is 1. The van der Waals surface area contributed by atoms with Crippen molar-refractivity contribution >= 4 is 27.6 Å². The van der Waals surface area contributed by atoms with E-state index in [1.807, 2.05) is 55.5 Å². The lowest BCUT2D eigenvalue weighted by atomic mass is 10.2. The van der Waals surface area contributed by atoms with Gasteiger partial charge in [-0.25, -0.2) is 4.79 Å². The van der Waals surface area contributed by atoms with Gasteiger partial charge in [-0.15, -0.1) is 0 Å². The molecule has 2 aromatic carbocycles. The minimum atomic E-state index is -0.707. The molecular weight excluding hydrogens is 354 g/mol. The number of anilines is 1. The van der Waals surface area contributed by atoms with Crippen LogP contribution in [0, 0.1) is 18.8 Å². The summed E-state index contributed by atoms with van der Waals surface area (Å²) in [4.78, 5) is 12.1. The highest BCUT2D eigenvalue weighted by atomic mass is 79.9. The summed E-state index contributed by atoms with van der Waals surface area (Å²) < 4.78 is 6.08. The molecular formula is C19H18BrNO2. The van der Waals surface area contributed by atoms with E-state index >= 15 is 0 Å². The van der Waals surface area contributed by atoms with Crippen LogP contribution < -0.4 is 5.32 Å². The zero-order valence-corrected chi connectivity index (χ0v) is 14.7. The second kappa shape index (κ2) is 8.40. The molecule has 0 aliphatic rings. The Balaban J connectivity index is 2.19. The van der Waals surface area contributed by atoms with E-state index in [4.69, 9.17) is 4.74 Å². The van der Waals surface area contributed by atoms with Crippen molar-refractivity contribution in [2.24, 2.45) is 0 Å². The number of nitrogens with one attached hydrogen (secondary N) is 1. The van der Waals surface area contributed by atoms with Gasteiger partial charge in [-0.05, 0) is 50.2 Å². The smallest absolute Gasteiger partial charge is 0.341 e. The first-order valence-electron chi connectivity index (χ1n) is 7.35. The molecule has 0 saturated heterocycles. The van der Waals surface area contributed by atoms with Gasteiger partial charge < -0.3 is 10.1 Å². The third kappa shape index (κ3) is 5.46. The van der Waals surface area contributed by atoms with E-state index in [9.17, 15) is 4.79 Å². The first-order valence-corrected chi connectivity index (χ1v) is 8.14. The summed E-state index contributed by atoms with van der Waals surface area (Å²) in [6.07, 6.45) is 0. The van der Waals surface area contributed by atoms with Gasteiger partial charge in [-0.3, -0.25) is 0 Å². The molecule has 0 aliphatic carbocycles. The standard InChI is InChI=1S/C19H18BrNO2/c1-3-23-19(22)18(21-17-11-4-14(2)5-12-17)13-8-15-6-9-16(20)10-7-15/h4-7,9-12,18,21H,3H2,1-2H3/t18-/m1/s1. The lowest BCUT2D eigenvalue weighted by Gasteiger charge is -2.13. The van der Waals surface area contributed by atoms with Gasteiger partial charge in [0.15, 0.2) is 6.04 Å². The Labute approximate surface area is 145 Å². The molecule has 0 bridgehead atoms. The maximum Gasteiger partial charge on any atom is 0.341 e. The van der Waals surface area contributed by atoms with Gasteiger partial charge >= 0.3 is 5.97 Å². The highest BCUT2D eigenvalue weighted by Gasteiger charge is 2.16. The summed E-state index contributed by atoms with van der Waals surface area (Å²) in [5.41, 5.74) is 2.83. The van der Waals surface area contributed by atoms with Crippen molar-refractivity contribution in [1.29, 1.82) is 0 Å². The van der Waals surface area contributed by atoms with Crippen LogP contribution in [0.3, 0.4) is 0 Å². The average Bonchev–Trinajstić information content (AvgIpc) is 2.55. The van der Waals surface area contributed by atoms with Crippen molar-refractivity contribution in [2.75, 3.05) is 11.9 Å². The van der Waals surface area contributed by atoms with Gasteiger partial charge in [0, 0.05) is 15.7 Å². The lowest BCUT2D eigenvalue weighted by Crippen LogP contribution is -2.30. The van der Waals surface area contributed by atoms with Crippen LogP contribution in [-0.4, -0.2) is 18.6 Å². The second-order valence-corrected chi connectivity index (χ2v) is 5.89. The van der Waals surface area contributed by atoms with E-state index < -0.39 is 6.04 Å². The first-order chi connectivity index (χ1) is 11.1. The van der Waals surface area contributed by atoms with Crippen LogP contribution in [0.5, 0.6) is 0 Å². The number of hydrogen-bond donors (Lipinski definition) is 1. The molecule has 23 heavy (non-hydrogen) atoms.